The van der Waals surface area contributed by atoms with E-state index in [0.29, 0.717) is 50.8 Å². The number of rotatable bonds is 12. The number of anilines is 2. The van der Waals surface area contributed by atoms with Gasteiger partial charge in [0.15, 0.2) is 5.54 Å². The van der Waals surface area contributed by atoms with Crippen LogP contribution in [-0.4, -0.2) is 52.6 Å². The minimum absolute atomic E-state index is 0.141. The second-order valence-electron chi connectivity index (χ2n) is 14.1. The second-order valence-corrected chi connectivity index (χ2v) is 15.9. The van der Waals surface area contributed by atoms with E-state index in [1.54, 1.807) is 135 Å². The van der Waals surface area contributed by atoms with Crippen molar-refractivity contribution < 1.29 is 37.0 Å². The summed E-state index contributed by atoms with van der Waals surface area (Å²) in [7, 11) is 2.32. The molecule has 298 valence electrons. The van der Waals surface area contributed by atoms with Crippen LogP contribution in [0.5, 0.6) is 23.0 Å². The molecule has 2 atom stereocenters. The van der Waals surface area contributed by atoms with Crippen LogP contribution in [0.25, 0.3) is 10.9 Å². The number of hydrogen-bond acceptors (Lipinski definition) is 8. The summed E-state index contributed by atoms with van der Waals surface area (Å²) in [5, 5.41) is 0.520. The summed E-state index contributed by atoms with van der Waals surface area (Å²) in [6.07, 6.45) is 1.48. The fourth-order valence-corrected chi connectivity index (χ4v) is 9.18. The summed E-state index contributed by atoms with van der Waals surface area (Å²) >= 11 is 0. The maximum atomic E-state index is 15.6. The van der Waals surface area contributed by atoms with Crippen molar-refractivity contribution in [2.24, 2.45) is 0 Å². The van der Waals surface area contributed by atoms with Gasteiger partial charge in [-0.05, 0) is 127 Å². The molecule has 8 rings (SSSR count). The van der Waals surface area contributed by atoms with Crippen molar-refractivity contribution in [1.29, 1.82) is 0 Å². The number of benzene rings is 6. The van der Waals surface area contributed by atoms with Crippen LogP contribution in [0, 0.1) is 6.92 Å². The molecule has 0 N–H and O–H groups in total. The molecule has 0 unspecified atom stereocenters. The number of amides is 2. The summed E-state index contributed by atoms with van der Waals surface area (Å²) in [4.78, 5) is 34.6. The van der Waals surface area contributed by atoms with Crippen LogP contribution in [0.3, 0.4) is 0 Å². The van der Waals surface area contributed by atoms with E-state index >= 15 is 9.59 Å². The van der Waals surface area contributed by atoms with Gasteiger partial charge in [-0.3, -0.25) is 19.4 Å². The maximum absolute atomic E-state index is 15.6. The van der Waals surface area contributed by atoms with E-state index in [-0.39, 0.29) is 16.4 Å². The largest absolute Gasteiger partial charge is 0.497 e. The van der Waals surface area contributed by atoms with E-state index in [2.05, 4.69) is 0 Å². The van der Waals surface area contributed by atoms with Gasteiger partial charge in [0, 0.05) is 28.5 Å². The molecule has 2 amide bonds. The van der Waals surface area contributed by atoms with Crippen molar-refractivity contribution in [2.45, 2.75) is 23.4 Å². The average molecular weight is 808 g/mol. The highest BCUT2D eigenvalue weighted by molar-refractivity contribution is 7.90. The van der Waals surface area contributed by atoms with Gasteiger partial charge in [-0.15, -0.1) is 0 Å². The van der Waals surface area contributed by atoms with E-state index in [1.165, 1.54) is 10.2 Å². The molecule has 6 aromatic carbocycles. The fraction of sp³-hybridized carbons (Fsp3) is 0.149. The van der Waals surface area contributed by atoms with Crippen molar-refractivity contribution in [3.63, 3.8) is 0 Å². The van der Waals surface area contributed by atoms with E-state index in [1.807, 2.05) is 55.5 Å². The van der Waals surface area contributed by atoms with Crippen LogP contribution in [-0.2, 0) is 20.4 Å². The smallest absolute Gasteiger partial charge is 0.268 e. The highest BCUT2D eigenvalue weighted by Gasteiger charge is 2.67. The van der Waals surface area contributed by atoms with E-state index in [9.17, 15) is 8.42 Å². The Morgan fingerprint density at radius 2 is 1.17 bits per heavy atom. The number of carbonyl (C=O) groups is 2. The lowest BCUT2D eigenvalue weighted by Gasteiger charge is -2.60. The first-order valence-electron chi connectivity index (χ1n) is 18.7. The lowest BCUT2D eigenvalue weighted by Crippen LogP contribution is -2.75. The molecule has 59 heavy (non-hydrogen) atoms. The summed E-state index contributed by atoms with van der Waals surface area (Å²) in [5.74, 6) is 1.51. The van der Waals surface area contributed by atoms with Crippen LogP contribution >= 0.6 is 0 Å². The lowest BCUT2D eigenvalue weighted by molar-refractivity contribution is -0.133. The third kappa shape index (κ3) is 6.51. The maximum Gasteiger partial charge on any atom is 0.268 e. The van der Waals surface area contributed by atoms with E-state index in [0.717, 1.165) is 11.1 Å². The Labute approximate surface area is 342 Å². The van der Waals surface area contributed by atoms with Gasteiger partial charge in [0.25, 0.3) is 21.8 Å². The number of methoxy groups -OCH3 is 4. The Morgan fingerprint density at radius 3 is 1.73 bits per heavy atom. The van der Waals surface area contributed by atoms with Crippen molar-refractivity contribution in [3.8, 4) is 23.0 Å². The highest BCUT2D eigenvalue weighted by atomic mass is 32.2. The Balaban J connectivity index is 1.35. The van der Waals surface area contributed by atoms with Gasteiger partial charge in [-0.2, -0.15) is 0 Å². The molecule has 1 aromatic heterocycles. The van der Waals surface area contributed by atoms with Crippen molar-refractivity contribution in [1.82, 2.24) is 3.97 Å². The molecule has 0 saturated carbocycles. The Bertz CT molecular complexity index is 2770. The molecule has 1 saturated heterocycles. The fourth-order valence-electron chi connectivity index (χ4n) is 7.82. The molecule has 0 aliphatic carbocycles. The van der Waals surface area contributed by atoms with Gasteiger partial charge in [-0.25, -0.2) is 12.4 Å². The molecule has 1 aliphatic heterocycles. The number of hydrogen-bond donors (Lipinski definition) is 0. The number of β-lactam (4-membered cyclic amide) rings is 1. The minimum Gasteiger partial charge on any atom is -0.497 e. The molecule has 0 radical (unpaired) electrons. The summed E-state index contributed by atoms with van der Waals surface area (Å²) in [6.45, 7) is 1.89. The number of nitrogens with zero attached hydrogens (tertiary/aromatic N) is 3. The quantitative estimate of drug-likeness (QED) is 0.113. The van der Waals surface area contributed by atoms with Crippen molar-refractivity contribution >= 4 is 44.1 Å². The molecule has 1 aliphatic rings. The molecule has 0 bridgehead atoms. The molecule has 0 spiro atoms. The number of fused-ring (bicyclic) bond motifs is 1. The normalized spacial score (nSPS) is 16.3. The summed E-state index contributed by atoms with van der Waals surface area (Å²) < 4.78 is 50.8. The first-order chi connectivity index (χ1) is 28.5. The average Bonchev–Trinajstić information content (AvgIpc) is 3.72. The number of aryl methyl sites for hydroxylation is 1. The van der Waals surface area contributed by atoms with Crippen LogP contribution in [0.4, 0.5) is 11.4 Å². The molecular formula is C47H41N3O8S. The zero-order valence-electron chi connectivity index (χ0n) is 33.0. The van der Waals surface area contributed by atoms with Gasteiger partial charge in [0.05, 0.1) is 44.9 Å². The van der Waals surface area contributed by atoms with E-state index < -0.39 is 27.5 Å². The Morgan fingerprint density at radius 1 is 0.644 bits per heavy atom. The molecule has 7 aromatic rings. The van der Waals surface area contributed by atoms with Crippen molar-refractivity contribution in [3.05, 3.63) is 174 Å². The first-order valence-corrected chi connectivity index (χ1v) is 20.2. The van der Waals surface area contributed by atoms with Crippen LogP contribution in [0.15, 0.2) is 157 Å². The number of aromatic nitrogens is 1. The van der Waals surface area contributed by atoms with Gasteiger partial charge >= 0.3 is 0 Å². The predicted molar refractivity (Wildman–Crippen MR) is 226 cm³/mol. The van der Waals surface area contributed by atoms with Crippen LogP contribution < -0.4 is 28.7 Å². The zero-order valence-corrected chi connectivity index (χ0v) is 33.8. The van der Waals surface area contributed by atoms with Crippen molar-refractivity contribution in [2.75, 3.05) is 38.2 Å². The topological polar surface area (TPSA) is 117 Å². The lowest BCUT2D eigenvalue weighted by atomic mass is 9.68. The molecular weight excluding hydrogens is 767 g/mol. The standard InChI is InChI=1S/C47H41N3O8S/c1-31-6-25-42(26-7-31)59(53,54)48-29-28-33-30-34(10-27-43(33)48)45(51)50(37-15-23-41(58-5)24-16-37)47(35-11-19-39(56-3)20-12-35)44(32-8-17-38(55-2)18-9-32)49(46(47)52)36-13-21-40(57-4)22-14-36/h6-30,44H,1-5H3/t44-,47+/m1/s1. The highest BCUT2D eigenvalue weighted by Crippen LogP contribution is 2.57. The molecule has 12 heteroatoms. The van der Waals surface area contributed by atoms with Gasteiger partial charge in [-0.1, -0.05) is 42.0 Å². The monoisotopic (exact) mass is 807 g/mol. The van der Waals surface area contributed by atoms with Gasteiger partial charge < -0.3 is 18.9 Å². The zero-order chi connectivity index (χ0) is 41.5. The minimum atomic E-state index is -3.95. The third-order valence-corrected chi connectivity index (χ3v) is 12.6. The third-order valence-electron chi connectivity index (χ3n) is 10.9. The van der Waals surface area contributed by atoms with E-state index in [4.69, 9.17) is 18.9 Å². The first kappa shape index (κ1) is 38.8. The molecule has 2 heterocycles. The Hall–Kier alpha value is -7.05. The Kier molecular flexibility index (Phi) is 10.1. The molecule has 11 nitrogen and oxygen atoms in total. The SMILES string of the molecule is COc1ccc([C@H]2N(c3ccc(OC)cc3)C(=O)[C@@]2(c2ccc(OC)cc2)N(C(=O)c2ccc3c(ccn3S(=O)(=O)c3ccc(C)cc3)c2)c2ccc(OC)cc2)cc1. The van der Waals surface area contributed by atoms with Crippen LogP contribution in [0.2, 0.25) is 0 Å². The summed E-state index contributed by atoms with van der Waals surface area (Å²) in [5.41, 5.74) is 2.17. The summed E-state index contributed by atoms with van der Waals surface area (Å²) in [6, 6.07) is 41.2. The predicted octanol–water partition coefficient (Wildman–Crippen LogP) is 8.55. The number of carbonyl (C=O) groups excluding carboxylic acids is 2. The number of ether oxygens (including phenoxy) is 4. The van der Waals surface area contributed by atoms with Gasteiger partial charge in [0.2, 0.25) is 0 Å². The van der Waals surface area contributed by atoms with Gasteiger partial charge in [0.1, 0.15) is 23.0 Å². The molecule has 1 fully saturated rings. The van der Waals surface area contributed by atoms with Crippen LogP contribution in [0.1, 0.15) is 33.1 Å². The second kappa shape index (κ2) is 15.4.